The highest BCUT2D eigenvalue weighted by Gasteiger charge is 2.09. The van der Waals surface area contributed by atoms with Crippen LogP contribution in [0.4, 0.5) is 5.69 Å². The van der Waals surface area contributed by atoms with Gasteiger partial charge in [0.2, 0.25) is 11.8 Å². The van der Waals surface area contributed by atoms with E-state index in [4.69, 9.17) is 4.42 Å². The summed E-state index contributed by atoms with van der Waals surface area (Å²) in [5.41, 5.74) is 2.73. The van der Waals surface area contributed by atoms with E-state index in [1.165, 1.54) is 0 Å². The molecular formula is C18H25N3O2S. The number of rotatable bonds is 9. The number of carbonyl (C=O) groups is 1. The van der Waals surface area contributed by atoms with Crippen molar-refractivity contribution in [2.24, 2.45) is 0 Å². The van der Waals surface area contributed by atoms with E-state index in [0.717, 1.165) is 42.2 Å². The zero-order chi connectivity index (χ0) is 17.4. The van der Waals surface area contributed by atoms with Crippen molar-refractivity contribution in [1.29, 1.82) is 0 Å². The highest BCUT2D eigenvalue weighted by Crippen LogP contribution is 2.23. The van der Waals surface area contributed by atoms with E-state index >= 15 is 0 Å². The lowest BCUT2D eigenvalue weighted by Crippen LogP contribution is -2.26. The Morgan fingerprint density at radius 1 is 1.33 bits per heavy atom. The molecule has 0 unspecified atom stereocenters. The van der Waals surface area contributed by atoms with Gasteiger partial charge in [0.25, 0.3) is 0 Å². The highest BCUT2D eigenvalue weighted by molar-refractivity contribution is 7.99. The third-order valence-corrected chi connectivity index (χ3v) is 4.80. The molecule has 0 aliphatic carbocycles. The molecule has 0 atom stereocenters. The molecule has 1 amide bonds. The maximum absolute atomic E-state index is 12.1. The summed E-state index contributed by atoms with van der Waals surface area (Å²) >= 11 is 1.67. The van der Waals surface area contributed by atoms with Crippen LogP contribution in [0.3, 0.4) is 0 Å². The normalized spacial score (nSPS) is 11.0. The number of nitrogens with one attached hydrogen (secondary N) is 1. The first-order chi connectivity index (χ1) is 11.6. The van der Waals surface area contributed by atoms with Gasteiger partial charge in [0.1, 0.15) is 6.26 Å². The van der Waals surface area contributed by atoms with Gasteiger partial charge in [-0.1, -0.05) is 13.8 Å². The smallest absolute Gasteiger partial charge is 0.234 e. The Balaban J connectivity index is 1.81. The molecule has 1 N–H and O–H groups in total. The molecule has 0 aliphatic rings. The van der Waals surface area contributed by atoms with Crippen molar-refractivity contribution in [3.63, 3.8) is 0 Å². The van der Waals surface area contributed by atoms with E-state index in [1.54, 1.807) is 24.2 Å². The third-order valence-electron chi connectivity index (χ3n) is 3.86. The van der Waals surface area contributed by atoms with Crippen LogP contribution in [0.5, 0.6) is 0 Å². The monoisotopic (exact) mass is 347 g/mol. The van der Waals surface area contributed by atoms with Crippen molar-refractivity contribution in [2.75, 3.05) is 36.5 Å². The van der Waals surface area contributed by atoms with Gasteiger partial charge in [-0.25, -0.2) is 4.98 Å². The molecule has 1 heterocycles. The van der Waals surface area contributed by atoms with Crippen LogP contribution in [0.25, 0.3) is 11.5 Å². The summed E-state index contributed by atoms with van der Waals surface area (Å²) in [4.78, 5) is 18.6. The average Bonchev–Trinajstić information content (AvgIpc) is 3.11. The lowest BCUT2D eigenvalue weighted by Gasteiger charge is -2.17. The highest BCUT2D eigenvalue weighted by atomic mass is 32.2. The predicted molar refractivity (Wildman–Crippen MR) is 100 cm³/mol. The van der Waals surface area contributed by atoms with Crippen LogP contribution in [-0.2, 0) is 4.79 Å². The van der Waals surface area contributed by atoms with Gasteiger partial charge >= 0.3 is 0 Å². The minimum Gasteiger partial charge on any atom is -0.445 e. The number of hydrogen-bond donors (Lipinski definition) is 1. The Morgan fingerprint density at radius 3 is 2.75 bits per heavy atom. The molecule has 0 radical (unpaired) electrons. The number of nitrogens with zero attached hydrogens (tertiary/aromatic N) is 2. The van der Waals surface area contributed by atoms with Crippen molar-refractivity contribution in [1.82, 2.24) is 9.88 Å². The van der Waals surface area contributed by atoms with Gasteiger partial charge in [-0.2, -0.15) is 11.8 Å². The van der Waals surface area contributed by atoms with Crippen molar-refractivity contribution >= 4 is 23.4 Å². The van der Waals surface area contributed by atoms with E-state index in [1.807, 2.05) is 25.1 Å². The molecule has 130 valence electrons. The van der Waals surface area contributed by atoms with Crippen molar-refractivity contribution in [3.8, 4) is 11.5 Å². The largest absolute Gasteiger partial charge is 0.445 e. The second-order valence-electron chi connectivity index (χ2n) is 5.49. The number of benzene rings is 1. The molecule has 2 aromatic rings. The maximum Gasteiger partial charge on any atom is 0.234 e. The first-order valence-electron chi connectivity index (χ1n) is 8.24. The SMILES string of the molecule is CCN(CC)CCSCC(=O)Nc1ccc(-c2ncco2)cc1C. The average molecular weight is 347 g/mol. The Hall–Kier alpha value is -1.79. The topological polar surface area (TPSA) is 58.4 Å². The van der Waals surface area contributed by atoms with Crippen LogP contribution < -0.4 is 5.32 Å². The fourth-order valence-corrected chi connectivity index (χ4v) is 3.18. The van der Waals surface area contributed by atoms with E-state index in [9.17, 15) is 4.79 Å². The minimum atomic E-state index is 0.0338. The lowest BCUT2D eigenvalue weighted by molar-refractivity contribution is -0.113. The Labute approximate surface area is 147 Å². The summed E-state index contributed by atoms with van der Waals surface area (Å²) < 4.78 is 5.29. The molecule has 5 nitrogen and oxygen atoms in total. The molecule has 0 saturated carbocycles. The summed E-state index contributed by atoms with van der Waals surface area (Å²) in [5.74, 6) is 2.06. The number of aryl methyl sites for hydroxylation is 1. The zero-order valence-electron chi connectivity index (χ0n) is 14.5. The third kappa shape index (κ3) is 5.39. The first-order valence-corrected chi connectivity index (χ1v) is 9.40. The van der Waals surface area contributed by atoms with Crippen LogP contribution >= 0.6 is 11.8 Å². The minimum absolute atomic E-state index is 0.0338. The number of thioether (sulfide) groups is 1. The van der Waals surface area contributed by atoms with E-state index < -0.39 is 0 Å². The predicted octanol–water partition coefficient (Wildman–Crippen LogP) is 3.66. The van der Waals surface area contributed by atoms with Crippen LogP contribution in [0, 0.1) is 6.92 Å². The van der Waals surface area contributed by atoms with Crippen LogP contribution in [0.15, 0.2) is 35.1 Å². The van der Waals surface area contributed by atoms with Gasteiger partial charge in [-0.3, -0.25) is 4.79 Å². The number of anilines is 1. The zero-order valence-corrected chi connectivity index (χ0v) is 15.4. The quantitative estimate of drug-likeness (QED) is 0.702. The Kier molecular flexibility index (Phi) is 7.34. The second kappa shape index (κ2) is 9.49. The van der Waals surface area contributed by atoms with E-state index in [2.05, 4.69) is 29.0 Å². The van der Waals surface area contributed by atoms with Crippen molar-refractivity contribution < 1.29 is 9.21 Å². The molecule has 24 heavy (non-hydrogen) atoms. The Morgan fingerprint density at radius 2 is 2.12 bits per heavy atom. The van der Waals surface area contributed by atoms with Gasteiger partial charge in [0, 0.05) is 23.5 Å². The second-order valence-corrected chi connectivity index (χ2v) is 6.60. The van der Waals surface area contributed by atoms with Crippen LogP contribution in [-0.4, -0.2) is 46.9 Å². The van der Waals surface area contributed by atoms with Gasteiger partial charge in [-0.15, -0.1) is 0 Å². The molecule has 0 aliphatic heterocycles. The van der Waals surface area contributed by atoms with Gasteiger partial charge < -0.3 is 14.6 Å². The summed E-state index contributed by atoms with van der Waals surface area (Å²) in [6, 6.07) is 5.77. The number of amides is 1. The van der Waals surface area contributed by atoms with Gasteiger partial charge in [-0.05, 0) is 43.8 Å². The first kappa shape index (κ1) is 18.5. The molecule has 0 saturated heterocycles. The van der Waals surface area contributed by atoms with Crippen molar-refractivity contribution in [2.45, 2.75) is 20.8 Å². The van der Waals surface area contributed by atoms with Crippen LogP contribution in [0.1, 0.15) is 19.4 Å². The fraction of sp³-hybridized carbons (Fsp3) is 0.444. The Bertz CT molecular complexity index is 640. The summed E-state index contributed by atoms with van der Waals surface area (Å²) in [5, 5.41) is 2.97. The molecule has 1 aromatic carbocycles. The standard InChI is InChI=1S/C18H25N3O2S/c1-4-21(5-2)9-11-24-13-17(22)20-16-7-6-15(12-14(16)3)18-19-8-10-23-18/h6-8,10,12H,4-5,9,11,13H2,1-3H3,(H,20,22). The van der Waals surface area contributed by atoms with Crippen molar-refractivity contribution in [3.05, 3.63) is 36.2 Å². The van der Waals surface area contributed by atoms with Crippen LogP contribution in [0.2, 0.25) is 0 Å². The number of hydrogen-bond acceptors (Lipinski definition) is 5. The number of oxazole rings is 1. The fourth-order valence-electron chi connectivity index (χ4n) is 2.39. The molecule has 1 aromatic heterocycles. The number of aromatic nitrogens is 1. The molecule has 0 spiro atoms. The molecule has 2 rings (SSSR count). The molecule has 0 fully saturated rings. The summed E-state index contributed by atoms with van der Waals surface area (Å²) in [6.45, 7) is 9.42. The molecular weight excluding hydrogens is 322 g/mol. The summed E-state index contributed by atoms with van der Waals surface area (Å²) in [6.07, 6.45) is 3.17. The van der Waals surface area contributed by atoms with Gasteiger partial charge in [0.15, 0.2) is 0 Å². The molecule has 6 heteroatoms. The number of carbonyl (C=O) groups excluding carboxylic acids is 1. The molecule has 0 bridgehead atoms. The summed E-state index contributed by atoms with van der Waals surface area (Å²) in [7, 11) is 0. The maximum atomic E-state index is 12.1. The van der Waals surface area contributed by atoms with E-state index in [-0.39, 0.29) is 5.91 Å². The van der Waals surface area contributed by atoms with Gasteiger partial charge in [0.05, 0.1) is 11.9 Å². The lowest BCUT2D eigenvalue weighted by atomic mass is 10.1. The van der Waals surface area contributed by atoms with E-state index in [0.29, 0.717) is 11.6 Å².